The highest BCUT2D eigenvalue weighted by molar-refractivity contribution is 5.96. The van der Waals surface area contributed by atoms with Gasteiger partial charge in [0.1, 0.15) is 11.1 Å². The molecule has 1 aliphatic rings. The number of para-hydroxylation sites is 1. The van der Waals surface area contributed by atoms with Gasteiger partial charge >= 0.3 is 5.63 Å². The number of benzene rings is 1. The molecule has 1 aromatic heterocycles. The van der Waals surface area contributed by atoms with Crippen molar-refractivity contribution in [1.29, 1.82) is 0 Å². The van der Waals surface area contributed by atoms with Crippen molar-refractivity contribution in [3.05, 3.63) is 46.3 Å². The van der Waals surface area contributed by atoms with Crippen molar-refractivity contribution < 1.29 is 9.21 Å². The molecule has 1 saturated heterocycles. The minimum atomic E-state index is -0.587. The lowest BCUT2D eigenvalue weighted by atomic mass is 9.98. The number of hydrogen-bond acceptors (Lipinski definition) is 4. The van der Waals surface area contributed by atoms with Gasteiger partial charge in [-0.25, -0.2) is 4.79 Å². The molecule has 110 valence electrons. The second-order valence-electron chi connectivity index (χ2n) is 5.39. The van der Waals surface area contributed by atoms with E-state index in [1.165, 1.54) is 0 Å². The molecule has 5 nitrogen and oxygen atoms in total. The Bertz CT molecular complexity index is 702. The molecule has 0 unspecified atom stereocenters. The summed E-state index contributed by atoms with van der Waals surface area (Å²) in [5.41, 5.74) is -0.0171. The summed E-state index contributed by atoms with van der Waals surface area (Å²) in [6.07, 6.45) is 2.10. The lowest BCUT2D eigenvalue weighted by Gasteiger charge is -2.22. The van der Waals surface area contributed by atoms with Crippen molar-refractivity contribution in [2.45, 2.75) is 12.8 Å². The first kappa shape index (κ1) is 13.8. The molecule has 5 heteroatoms. The van der Waals surface area contributed by atoms with Crippen LogP contribution in [0.2, 0.25) is 0 Å². The van der Waals surface area contributed by atoms with E-state index in [0.717, 1.165) is 31.3 Å². The minimum Gasteiger partial charge on any atom is -0.422 e. The van der Waals surface area contributed by atoms with Crippen LogP contribution in [0.3, 0.4) is 0 Å². The van der Waals surface area contributed by atoms with Crippen LogP contribution >= 0.6 is 0 Å². The standard InChI is InChI=1S/C16H18N2O3/c19-15(18-10-11-5-7-17-8-6-11)13-9-12-3-1-2-4-14(12)21-16(13)20/h1-4,9,11,17H,5-8,10H2,(H,18,19). The van der Waals surface area contributed by atoms with Crippen LogP contribution in [-0.4, -0.2) is 25.5 Å². The van der Waals surface area contributed by atoms with Gasteiger partial charge in [-0.05, 0) is 44.0 Å². The van der Waals surface area contributed by atoms with Crippen molar-refractivity contribution in [2.75, 3.05) is 19.6 Å². The summed E-state index contributed by atoms with van der Waals surface area (Å²) >= 11 is 0. The molecule has 0 aliphatic carbocycles. The molecule has 3 rings (SSSR count). The Morgan fingerprint density at radius 2 is 2.05 bits per heavy atom. The monoisotopic (exact) mass is 286 g/mol. The summed E-state index contributed by atoms with van der Waals surface area (Å²) in [6, 6.07) is 8.77. The highest BCUT2D eigenvalue weighted by Crippen LogP contribution is 2.13. The average molecular weight is 286 g/mol. The summed E-state index contributed by atoms with van der Waals surface area (Å²) < 4.78 is 5.18. The van der Waals surface area contributed by atoms with Crippen LogP contribution in [0.4, 0.5) is 0 Å². The second-order valence-corrected chi connectivity index (χ2v) is 5.39. The maximum atomic E-state index is 12.2. The third-order valence-corrected chi connectivity index (χ3v) is 3.90. The van der Waals surface area contributed by atoms with Gasteiger partial charge in [0.25, 0.3) is 5.91 Å². The molecule has 1 aliphatic heterocycles. The molecule has 0 bridgehead atoms. The van der Waals surface area contributed by atoms with Gasteiger partial charge in [0, 0.05) is 11.9 Å². The minimum absolute atomic E-state index is 0.0719. The molecular weight excluding hydrogens is 268 g/mol. The van der Waals surface area contributed by atoms with Crippen LogP contribution in [0.1, 0.15) is 23.2 Å². The van der Waals surface area contributed by atoms with Crippen molar-refractivity contribution >= 4 is 16.9 Å². The second kappa shape index (κ2) is 6.10. The van der Waals surface area contributed by atoms with Crippen LogP contribution in [0, 0.1) is 5.92 Å². The fourth-order valence-electron chi connectivity index (χ4n) is 2.64. The molecule has 2 N–H and O–H groups in total. The Morgan fingerprint density at radius 3 is 2.86 bits per heavy atom. The Hall–Kier alpha value is -2.14. The Balaban J connectivity index is 1.74. The maximum absolute atomic E-state index is 12.2. The molecule has 1 fully saturated rings. The van der Waals surface area contributed by atoms with Gasteiger partial charge in [-0.15, -0.1) is 0 Å². The molecule has 1 aromatic carbocycles. The van der Waals surface area contributed by atoms with Gasteiger partial charge in [0.15, 0.2) is 0 Å². The van der Waals surface area contributed by atoms with Crippen LogP contribution in [0.25, 0.3) is 11.0 Å². The quantitative estimate of drug-likeness (QED) is 0.839. The molecule has 21 heavy (non-hydrogen) atoms. The summed E-state index contributed by atoms with van der Waals surface area (Å²) in [5.74, 6) is 0.121. The van der Waals surface area contributed by atoms with Crippen LogP contribution in [0.5, 0.6) is 0 Å². The highest BCUT2D eigenvalue weighted by Gasteiger charge is 2.17. The van der Waals surface area contributed by atoms with E-state index in [1.54, 1.807) is 18.2 Å². The van der Waals surface area contributed by atoms with E-state index in [1.807, 2.05) is 12.1 Å². The van der Waals surface area contributed by atoms with Crippen molar-refractivity contribution in [1.82, 2.24) is 10.6 Å². The van der Waals surface area contributed by atoms with Gasteiger partial charge in [-0.3, -0.25) is 4.79 Å². The maximum Gasteiger partial charge on any atom is 0.349 e. The molecule has 2 aromatic rings. The van der Waals surface area contributed by atoms with Crippen LogP contribution in [0.15, 0.2) is 39.5 Å². The highest BCUT2D eigenvalue weighted by atomic mass is 16.4. The number of hydrogen-bond donors (Lipinski definition) is 2. The predicted octanol–water partition coefficient (Wildman–Crippen LogP) is 1.52. The number of amides is 1. The van der Waals surface area contributed by atoms with E-state index in [4.69, 9.17) is 4.42 Å². The zero-order chi connectivity index (χ0) is 14.7. The SMILES string of the molecule is O=C(NCC1CCNCC1)c1cc2ccccc2oc1=O. The zero-order valence-electron chi connectivity index (χ0n) is 11.7. The molecule has 0 spiro atoms. The fourth-order valence-corrected chi connectivity index (χ4v) is 2.64. The first-order valence-electron chi connectivity index (χ1n) is 7.26. The topological polar surface area (TPSA) is 71.3 Å². The summed E-state index contributed by atoms with van der Waals surface area (Å²) in [7, 11) is 0. The summed E-state index contributed by atoms with van der Waals surface area (Å²) in [6.45, 7) is 2.57. The van der Waals surface area contributed by atoms with Crippen LogP contribution in [-0.2, 0) is 0 Å². The van der Waals surface area contributed by atoms with Gasteiger partial charge in [-0.1, -0.05) is 18.2 Å². The van der Waals surface area contributed by atoms with E-state index in [-0.39, 0.29) is 11.5 Å². The van der Waals surface area contributed by atoms with Gasteiger partial charge in [0.2, 0.25) is 0 Å². The third kappa shape index (κ3) is 3.13. The first-order chi connectivity index (χ1) is 10.2. The molecule has 0 saturated carbocycles. The largest absolute Gasteiger partial charge is 0.422 e. The van der Waals surface area contributed by atoms with Gasteiger partial charge < -0.3 is 15.1 Å². The van der Waals surface area contributed by atoms with Gasteiger partial charge in [-0.2, -0.15) is 0 Å². The van der Waals surface area contributed by atoms with E-state index >= 15 is 0 Å². The molecule has 1 amide bonds. The number of piperidine rings is 1. The number of rotatable bonds is 3. The smallest absolute Gasteiger partial charge is 0.349 e. The number of carbonyl (C=O) groups excluding carboxylic acids is 1. The van der Waals surface area contributed by atoms with E-state index < -0.39 is 5.63 Å². The molecular formula is C16H18N2O3. The van der Waals surface area contributed by atoms with Gasteiger partial charge in [0.05, 0.1) is 0 Å². The Labute approximate surface area is 122 Å². The molecule has 2 heterocycles. The zero-order valence-corrected chi connectivity index (χ0v) is 11.7. The van der Waals surface area contributed by atoms with Crippen molar-refractivity contribution in [2.24, 2.45) is 5.92 Å². The predicted molar refractivity (Wildman–Crippen MR) is 80.4 cm³/mol. The Kier molecular flexibility index (Phi) is 4.01. The molecule has 0 radical (unpaired) electrons. The number of carbonyl (C=O) groups is 1. The van der Waals surface area contributed by atoms with E-state index in [0.29, 0.717) is 18.0 Å². The normalized spacial score (nSPS) is 16.0. The number of fused-ring (bicyclic) bond motifs is 1. The van der Waals surface area contributed by atoms with Crippen LogP contribution < -0.4 is 16.3 Å². The average Bonchev–Trinajstić information content (AvgIpc) is 2.53. The van der Waals surface area contributed by atoms with E-state index in [9.17, 15) is 9.59 Å². The molecule has 0 atom stereocenters. The lowest BCUT2D eigenvalue weighted by Crippen LogP contribution is -2.37. The van der Waals surface area contributed by atoms with Crippen molar-refractivity contribution in [3.8, 4) is 0 Å². The van der Waals surface area contributed by atoms with E-state index in [2.05, 4.69) is 10.6 Å². The van der Waals surface area contributed by atoms with Crippen molar-refractivity contribution in [3.63, 3.8) is 0 Å². The third-order valence-electron chi connectivity index (χ3n) is 3.90. The fraction of sp³-hybridized carbons (Fsp3) is 0.375. The first-order valence-corrected chi connectivity index (χ1v) is 7.26. The lowest BCUT2D eigenvalue weighted by molar-refractivity contribution is 0.0940. The summed E-state index contributed by atoms with van der Waals surface area (Å²) in [5, 5.41) is 6.89. The summed E-state index contributed by atoms with van der Waals surface area (Å²) in [4.78, 5) is 24.1. The Morgan fingerprint density at radius 1 is 1.29 bits per heavy atom. The number of nitrogens with one attached hydrogen (secondary N) is 2.